The molecule has 21 heavy (non-hydrogen) atoms. The van der Waals surface area contributed by atoms with Crippen molar-refractivity contribution in [1.82, 2.24) is 5.32 Å². The molecule has 1 aromatic rings. The fourth-order valence-corrected chi connectivity index (χ4v) is 3.08. The predicted octanol–water partition coefficient (Wildman–Crippen LogP) is 2.32. The lowest BCUT2D eigenvalue weighted by Gasteiger charge is -2.25. The third kappa shape index (κ3) is 2.70. The van der Waals surface area contributed by atoms with Gasteiger partial charge in [0.25, 0.3) is 0 Å². The lowest BCUT2D eigenvalue weighted by Crippen LogP contribution is -2.19. The van der Waals surface area contributed by atoms with Crippen LogP contribution in [0, 0.1) is 5.92 Å². The van der Waals surface area contributed by atoms with Gasteiger partial charge in [0, 0.05) is 12.6 Å². The molecule has 0 radical (unpaired) electrons. The van der Waals surface area contributed by atoms with E-state index < -0.39 is 5.97 Å². The van der Waals surface area contributed by atoms with Crippen LogP contribution in [0.25, 0.3) is 0 Å². The summed E-state index contributed by atoms with van der Waals surface area (Å²) in [6, 6.07) is 4.13. The molecule has 0 saturated carbocycles. The van der Waals surface area contributed by atoms with Gasteiger partial charge in [0.1, 0.15) is 13.2 Å². The Morgan fingerprint density at radius 3 is 2.52 bits per heavy atom. The number of carbonyl (C=O) groups is 1. The van der Waals surface area contributed by atoms with Gasteiger partial charge in [-0.05, 0) is 35.6 Å². The van der Waals surface area contributed by atoms with Gasteiger partial charge >= 0.3 is 5.97 Å². The number of carboxylic acid groups (broad SMARTS) is 1. The Kier molecular flexibility index (Phi) is 3.76. The largest absolute Gasteiger partial charge is 0.486 e. The third-order valence-corrected chi connectivity index (χ3v) is 4.23. The fourth-order valence-electron chi connectivity index (χ4n) is 3.08. The number of aliphatic carboxylic acids is 1. The molecule has 2 unspecified atom stereocenters. The SMILES string of the molecule is CC(C)c1cc2c(cc1C1CC(C(=O)O)CN1)OCCO2. The van der Waals surface area contributed by atoms with Crippen molar-refractivity contribution in [1.29, 1.82) is 0 Å². The summed E-state index contributed by atoms with van der Waals surface area (Å²) in [6.45, 7) is 5.93. The molecule has 0 bridgehead atoms. The molecule has 5 heteroatoms. The van der Waals surface area contributed by atoms with Crippen LogP contribution >= 0.6 is 0 Å². The topological polar surface area (TPSA) is 67.8 Å². The van der Waals surface area contributed by atoms with Gasteiger partial charge in [0.15, 0.2) is 11.5 Å². The van der Waals surface area contributed by atoms with E-state index in [2.05, 4.69) is 19.2 Å². The number of rotatable bonds is 3. The highest BCUT2D eigenvalue weighted by Crippen LogP contribution is 2.40. The quantitative estimate of drug-likeness (QED) is 0.894. The molecule has 0 aliphatic carbocycles. The second-order valence-corrected chi connectivity index (χ2v) is 6.01. The fraction of sp³-hybridized carbons (Fsp3) is 0.562. The van der Waals surface area contributed by atoms with Crippen molar-refractivity contribution in [2.75, 3.05) is 19.8 Å². The van der Waals surface area contributed by atoms with Gasteiger partial charge in [-0.1, -0.05) is 13.8 Å². The van der Waals surface area contributed by atoms with Crippen molar-refractivity contribution in [2.24, 2.45) is 5.92 Å². The van der Waals surface area contributed by atoms with Crippen LogP contribution in [-0.4, -0.2) is 30.8 Å². The van der Waals surface area contributed by atoms with Gasteiger partial charge in [0.05, 0.1) is 5.92 Å². The second-order valence-electron chi connectivity index (χ2n) is 6.01. The van der Waals surface area contributed by atoms with Crippen molar-refractivity contribution in [3.63, 3.8) is 0 Å². The minimum Gasteiger partial charge on any atom is -0.486 e. The Labute approximate surface area is 124 Å². The highest BCUT2D eigenvalue weighted by molar-refractivity contribution is 5.71. The highest BCUT2D eigenvalue weighted by Gasteiger charge is 2.32. The highest BCUT2D eigenvalue weighted by atomic mass is 16.6. The molecule has 1 aromatic carbocycles. The molecule has 1 fully saturated rings. The average Bonchev–Trinajstić information content (AvgIpc) is 2.95. The number of hydrogen-bond acceptors (Lipinski definition) is 4. The Bertz CT molecular complexity index is 555. The van der Waals surface area contributed by atoms with Crippen molar-refractivity contribution in [3.05, 3.63) is 23.3 Å². The molecule has 0 amide bonds. The zero-order valence-corrected chi connectivity index (χ0v) is 12.4. The molecular weight excluding hydrogens is 270 g/mol. The first kappa shape index (κ1) is 14.2. The molecule has 0 spiro atoms. The molecule has 114 valence electrons. The summed E-state index contributed by atoms with van der Waals surface area (Å²) in [5.74, 6) is 0.862. The van der Waals surface area contributed by atoms with Crippen molar-refractivity contribution in [2.45, 2.75) is 32.2 Å². The Morgan fingerprint density at radius 2 is 1.95 bits per heavy atom. The van der Waals surface area contributed by atoms with Crippen LogP contribution < -0.4 is 14.8 Å². The van der Waals surface area contributed by atoms with Crippen molar-refractivity contribution in [3.8, 4) is 11.5 Å². The van der Waals surface area contributed by atoms with Gasteiger partial charge in [-0.3, -0.25) is 4.79 Å². The summed E-state index contributed by atoms with van der Waals surface area (Å²) in [6.07, 6.45) is 0.620. The Balaban J connectivity index is 1.95. The molecule has 2 aliphatic heterocycles. The molecule has 2 atom stereocenters. The molecule has 2 aliphatic rings. The molecule has 3 rings (SSSR count). The zero-order chi connectivity index (χ0) is 15.0. The monoisotopic (exact) mass is 291 g/mol. The van der Waals surface area contributed by atoms with Crippen LogP contribution in [0.15, 0.2) is 12.1 Å². The van der Waals surface area contributed by atoms with Crippen LogP contribution in [0.3, 0.4) is 0 Å². The summed E-state index contributed by atoms with van der Waals surface area (Å²) in [5.41, 5.74) is 2.33. The van der Waals surface area contributed by atoms with E-state index in [1.165, 1.54) is 5.56 Å². The van der Waals surface area contributed by atoms with E-state index in [-0.39, 0.29) is 12.0 Å². The van der Waals surface area contributed by atoms with Crippen LogP contribution in [-0.2, 0) is 4.79 Å². The van der Waals surface area contributed by atoms with E-state index in [4.69, 9.17) is 14.6 Å². The first-order valence-corrected chi connectivity index (χ1v) is 7.46. The predicted molar refractivity (Wildman–Crippen MR) is 78.0 cm³/mol. The minimum atomic E-state index is -0.728. The first-order chi connectivity index (χ1) is 10.1. The van der Waals surface area contributed by atoms with Gasteiger partial charge < -0.3 is 19.9 Å². The van der Waals surface area contributed by atoms with E-state index in [0.717, 1.165) is 17.1 Å². The number of hydrogen-bond donors (Lipinski definition) is 2. The molecule has 0 aromatic heterocycles. The van der Waals surface area contributed by atoms with Crippen molar-refractivity contribution < 1.29 is 19.4 Å². The zero-order valence-electron chi connectivity index (χ0n) is 12.4. The third-order valence-electron chi connectivity index (χ3n) is 4.23. The molecule has 2 N–H and O–H groups in total. The van der Waals surface area contributed by atoms with E-state index >= 15 is 0 Å². The lowest BCUT2D eigenvalue weighted by atomic mass is 9.90. The van der Waals surface area contributed by atoms with E-state index in [1.807, 2.05) is 12.1 Å². The lowest BCUT2D eigenvalue weighted by molar-refractivity contribution is -0.141. The van der Waals surface area contributed by atoms with Crippen LogP contribution in [0.5, 0.6) is 11.5 Å². The first-order valence-electron chi connectivity index (χ1n) is 7.46. The number of carboxylic acids is 1. The van der Waals surface area contributed by atoms with E-state index in [9.17, 15) is 4.79 Å². The maximum atomic E-state index is 11.1. The van der Waals surface area contributed by atoms with Crippen molar-refractivity contribution >= 4 is 5.97 Å². The maximum absolute atomic E-state index is 11.1. The van der Waals surface area contributed by atoms with Crippen LogP contribution in [0.4, 0.5) is 0 Å². The number of nitrogens with one attached hydrogen (secondary N) is 1. The number of ether oxygens (including phenoxy) is 2. The molecular formula is C16H21NO4. The summed E-state index contributed by atoms with van der Waals surface area (Å²) in [5, 5.41) is 12.5. The summed E-state index contributed by atoms with van der Waals surface area (Å²) in [7, 11) is 0. The summed E-state index contributed by atoms with van der Waals surface area (Å²) >= 11 is 0. The van der Waals surface area contributed by atoms with Gasteiger partial charge in [-0.25, -0.2) is 0 Å². The summed E-state index contributed by atoms with van der Waals surface area (Å²) < 4.78 is 11.3. The maximum Gasteiger partial charge on any atom is 0.307 e. The number of benzene rings is 1. The van der Waals surface area contributed by atoms with E-state index in [0.29, 0.717) is 32.1 Å². The normalized spacial score (nSPS) is 24.3. The van der Waals surface area contributed by atoms with Gasteiger partial charge in [-0.15, -0.1) is 0 Å². The minimum absolute atomic E-state index is 0.0688. The summed E-state index contributed by atoms with van der Waals surface area (Å²) in [4.78, 5) is 11.1. The number of fused-ring (bicyclic) bond motifs is 1. The molecule has 2 heterocycles. The molecule has 1 saturated heterocycles. The van der Waals surface area contributed by atoms with Gasteiger partial charge in [-0.2, -0.15) is 0 Å². The van der Waals surface area contributed by atoms with E-state index in [1.54, 1.807) is 0 Å². The van der Waals surface area contributed by atoms with Gasteiger partial charge in [0.2, 0.25) is 0 Å². The Morgan fingerprint density at radius 1 is 1.29 bits per heavy atom. The average molecular weight is 291 g/mol. The van der Waals surface area contributed by atoms with Crippen LogP contribution in [0.2, 0.25) is 0 Å². The Hall–Kier alpha value is -1.75. The smallest absolute Gasteiger partial charge is 0.307 e. The second kappa shape index (κ2) is 5.56. The standard InChI is InChI=1S/C16H21NO4/c1-9(2)11-6-14-15(21-4-3-20-14)7-12(11)13-5-10(8-17-13)16(18)19/h6-7,9-10,13,17H,3-5,8H2,1-2H3,(H,18,19). The van der Waals surface area contributed by atoms with Crippen LogP contribution in [0.1, 0.15) is 43.4 Å². The molecule has 5 nitrogen and oxygen atoms in total.